The second-order valence-corrected chi connectivity index (χ2v) is 7.13. The molecule has 1 aliphatic carbocycles. The summed E-state index contributed by atoms with van der Waals surface area (Å²) in [7, 11) is 0. The molecule has 27 heavy (non-hydrogen) atoms. The predicted octanol–water partition coefficient (Wildman–Crippen LogP) is 4.25. The lowest BCUT2D eigenvalue weighted by atomic mass is 9.87. The molecule has 1 aliphatic heterocycles. The fourth-order valence-electron chi connectivity index (χ4n) is 3.93. The summed E-state index contributed by atoms with van der Waals surface area (Å²) < 4.78 is 0. The van der Waals surface area contributed by atoms with E-state index >= 15 is 0 Å². The minimum Gasteiger partial charge on any atom is -0.363 e. The number of nitrogens with zero attached hydrogens (tertiary/aromatic N) is 2. The smallest absolute Gasteiger partial charge is 0.314 e. The molecule has 0 atom stereocenters. The van der Waals surface area contributed by atoms with E-state index in [2.05, 4.69) is 43.7 Å². The SMILES string of the molecule is [C-]#[N+]c1cnc(C(=O)Nc2ccc(C3CCNCC3)cc2C2=CCCC2)[nH]1. The third-order valence-electron chi connectivity index (χ3n) is 5.39. The molecule has 6 heteroatoms. The average molecular weight is 361 g/mol. The third kappa shape index (κ3) is 3.79. The Morgan fingerprint density at radius 3 is 2.85 bits per heavy atom. The van der Waals surface area contributed by atoms with Crippen LogP contribution in [-0.2, 0) is 0 Å². The fourth-order valence-corrected chi connectivity index (χ4v) is 3.93. The summed E-state index contributed by atoms with van der Waals surface area (Å²) in [6, 6.07) is 6.41. The minimum absolute atomic E-state index is 0.162. The van der Waals surface area contributed by atoms with Gasteiger partial charge in [0.05, 0.1) is 6.20 Å². The van der Waals surface area contributed by atoms with Gasteiger partial charge in [-0.3, -0.25) is 9.78 Å². The molecule has 2 heterocycles. The van der Waals surface area contributed by atoms with Crippen molar-refractivity contribution in [3.63, 3.8) is 0 Å². The van der Waals surface area contributed by atoms with Gasteiger partial charge in [-0.2, -0.15) is 0 Å². The Balaban J connectivity index is 1.62. The van der Waals surface area contributed by atoms with E-state index in [1.807, 2.05) is 6.07 Å². The lowest BCUT2D eigenvalue weighted by Gasteiger charge is -2.24. The van der Waals surface area contributed by atoms with Gasteiger partial charge >= 0.3 is 5.91 Å². The van der Waals surface area contributed by atoms with Crippen LogP contribution in [0, 0.1) is 6.57 Å². The normalized spacial score (nSPS) is 17.4. The number of rotatable bonds is 4. The molecule has 1 saturated heterocycles. The number of nitrogens with one attached hydrogen (secondary N) is 3. The first-order valence-electron chi connectivity index (χ1n) is 9.52. The second kappa shape index (κ2) is 7.77. The molecule has 4 rings (SSSR count). The summed E-state index contributed by atoms with van der Waals surface area (Å²) in [4.78, 5) is 22.6. The molecule has 6 nitrogen and oxygen atoms in total. The summed E-state index contributed by atoms with van der Waals surface area (Å²) in [5.41, 5.74) is 4.59. The molecule has 1 amide bonds. The lowest BCUT2D eigenvalue weighted by molar-refractivity contribution is 0.101. The Morgan fingerprint density at radius 1 is 1.30 bits per heavy atom. The van der Waals surface area contributed by atoms with E-state index in [1.165, 1.54) is 17.3 Å². The molecule has 1 aromatic carbocycles. The molecule has 138 valence electrons. The largest absolute Gasteiger partial charge is 0.363 e. The Kier molecular flexibility index (Phi) is 5.03. The first-order chi connectivity index (χ1) is 13.2. The van der Waals surface area contributed by atoms with E-state index in [0.717, 1.165) is 56.4 Å². The number of allylic oxidation sites excluding steroid dienone is 2. The van der Waals surface area contributed by atoms with Crippen LogP contribution in [0.5, 0.6) is 0 Å². The number of benzene rings is 1. The molecule has 0 unspecified atom stereocenters. The Labute approximate surface area is 158 Å². The molecular weight excluding hydrogens is 338 g/mol. The maximum Gasteiger partial charge on any atom is 0.314 e. The molecule has 3 N–H and O–H groups in total. The molecule has 0 spiro atoms. The average Bonchev–Trinajstić information content (AvgIpc) is 3.41. The van der Waals surface area contributed by atoms with Gasteiger partial charge in [0.15, 0.2) is 0 Å². The van der Waals surface area contributed by atoms with Crippen LogP contribution < -0.4 is 10.6 Å². The van der Waals surface area contributed by atoms with Gasteiger partial charge in [-0.25, -0.2) is 4.98 Å². The monoisotopic (exact) mass is 361 g/mol. The van der Waals surface area contributed by atoms with Crippen LogP contribution >= 0.6 is 0 Å². The van der Waals surface area contributed by atoms with Crippen LogP contribution in [-0.4, -0.2) is 29.0 Å². The Hall–Kier alpha value is -2.91. The first-order valence-corrected chi connectivity index (χ1v) is 9.52. The fraction of sp³-hybridized carbons (Fsp3) is 0.381. The highest BCUT2D eigenvalue weighted by Crippen LogP contribution is 2.36. The van der Waals surface area contributed by atoms with Crippen molar-refractivity contribution in [2.75, 3.05) is 18.4 Å². The highest BCUT2D eigenvalue weighted by molar-refractivity contribution is 6.03. The zero-order chi connectivity index (χ0) is 18.6. The molecule has 0 bridgehead atoms. The molecule has 2 aliphatic rings. The number of aromatic amines is 1. The van der Waals surface area contributed by atoms with Crippen molar-refractivity contribution in [3.05, 3.63) is 58.8 Å². The van der Waals surface area contributed by atoms with E-state index in [-0.39, 0.29) is 17.5 Å². The topological polar surface area (TPSA) is 74.2 Å². The number of aromatic nitrogens is 2. The predicted molar refractivity (Wildman–Crippen MR) is 106 cm³/mol. The van der Waals surface area contributed by atoms with Gasteiger partial charge in [0.2, 0.25) is 5.82 Å². The highest BCUT2D eigenvalue weighted by atomic mass is 16.2. The van der Waals surface area contributed by atoms with Crippen molar-refractivity contribution in [3.8, 4) is 0 Å². The standard InChI is InChI=1S/C21H23N5O/c1-22-19-13-24-20(26-19)21(27)25-18-7-6-16(14-8-10-23-11-9-14)12-17(18)15-4-2-3-5-15/h4,6-7,12-14,23H,2-3,5,8-11H2,(H,24,26)(H,25,27). The van der Waals surface area contributed by atoms with Crippen LogP contribution in [0.4, 0.5) is 11.5 Å². The summed E-state index contributed by atoms with van der Waals surface area (Å²) in [6.45, 7) is 9.11. The van der Waals surface area contributed by atoms with Gasteiger partial charge in [-0.15, -0.1) is 0 Å². The minimum atomic E-state index is -0.320. The van der Waals surface area contributed by atoms with Crippen molar-refractivity contribution in [1.82, 2.24) is 15.3 Å². The third-order valence-corrected chi connectivity index (χ3v) is 5.39. The number of imidazole rings is 1. The summed E-state index contributed by atoms with van der Waals surface area (Å²) >= 11 is 0. The van der Waals surface area contributed by atoms with E-state index < -0.39 is 0 Å². The Bertz CT molecular complexity index is 915. The number of piperidine rings is 1. The van der Waals surface area contributed by atoms with E-state index in [4.69, 9.17) is 6.57 Å². The first kappa shape index (κ1) is 17.5. The van der Waals surface area contributed by atoms with Crippen molar-refractivity contribution in [1.29, 1.82) is 0 Å². The van der Waals surface area contributed by atoms with Crippen LogP contribution in [0.25, 0.3) is 10.4 Å². The number of hydrogen-bond acceptors (Lipinski definition) is 3. The number of carbonyl (C=O) groups excluding carboxylic acids is 1. The zero-order valence-electron chi connectivity index (χ0n) is 15.2. The summed E-state index contributed by atoms with van der Waals surface area (Å²) in [5.74, 6) is 0.678. The molecule has 0 saturated carbocycles. The van der Waals surface area contributed by atoms with Gasteiger partial charge < -0.3 is 15.5 Å². The lowest BCUT2D eigenvalue weighted by Crippen LogP contribution is -2.26. The second-order valence-electron chi connectivity index (χ2n) is 7.13. The van der Waals surface area contributed by atoms with E-state index in [1.54, 1.807) is 0 Å². The van der Waals surface area contributed by atoms with Gasteiger partial charge in [0.25, 0.3) is 5.82 Å². The molecule has 1 fully saturated rings. The molecule has 1 aromatic heterocycles. The quantitative estimate of drug-likeness (QED) is 0.713. The van der Waals surface area contributed by atoms with Crippen molar-refractivity contribution >= 4 is 23.0 Å². The van der Waals surface area contributed by atoms with Gasteiger partial charge in [0, 0.05) is 11.3 Å². The molecule has 2 aromatic rings. The van der Waals surface area contributed by atoms with Crippen LogP contribution in [0.2, 0.25) is 0 Å². The number of carbonyl (C=O) groups is 1. The van der Waals surface area contributed by atoms with Gasteiger partial charge in [-0.05, 0) is 74.4 Å². The number of H-pyrrole nitrogens is 1. The van der Waals surface area contributed by atoms with E-state index in [9.17, 15) is 4.79 Å². The van der Waals surface area contributed by atoms with Crippen LogP contribution in [0.3, 0.4) is 0 Å². The van der Waals surface area contributed by atoms with Crippen molar-refractivity contribution in [2.24, 2.45) is 0 Å². The molecule has 0 radical (unpaired) electrons. The maximum absolute atomic E-state index is 12.6. The Morgan fingerprint density at radius 2 is 2.15 bits per heavy atom. The van der Waals surface area contributed by atoms with Crippen LogP contribution in [0.1, 0.15) is 59.8 Å². The van der Waals surface area contributed by atoms with Gasteiger partial charge in [-0.1, -0.05) is 18.7 Å². The number of amides is 1. The summed E-state index contributed by atoms with van der Waals surface area (Å²) in [5, 5.41) is 6.40. The van der Waals surface area contributed by atoms with Crippen molar-refractivity contribution < 1.29 is 4.79 Å². The number of hydrogen-bond donors (Lipinski definition) is 3. The molecular formula is C21H23N5O. The zero-order valence-corrected chi connectivity index (χ0v) is 15.2. The highest BCUT2D eigenvalue weighted by Gasteiger charge is 2.21. The maximum atomic E-state index is 12.6. The van der Waals surface area contributed by atoms with Crippen molar-refractivity contribution in [2.45, 2.75) is 38.0 Å². The van der Waals surface area contributed by atoms with Crippen LogP contribution in [0.15, 0.2) is 30.5 Å². The van der Waals surface area contributed by atoms with E-state index in [0.29, 0.717) is 5.92 Å². The van der Waals surface area contributed by atoms with Gasteiger partial charge in [0.1, 0.15) is 0 Å². The number of anilines is 1. The summed E-state index contributed by atoms with van der Waals surface area (Å²) in [6.07, 6.45) is 9.25.